The van der Waals surface area contributed by atoms with Crippen molar-refractivity contribution >= 4 is 21.1 Å². The Hall–Kier alpha value is -3.07. The van der Waals surface area contributed by atoms with Gasteiger partial charge >= 0.3 is 0 Å². The second-order valence-electron chi connectivity index (χ2n) is 10.4. The van der Waals surface area contributed by atoms with Crippen molar-refractivity contribution in [3.05, 3.63) is 95.6 Å². The van der Waals surface area contributed by atoms with Crippen LogP contribution in [-0.4, -0.2) is 47.2 Å². The molecule has 0 saturated carbocycles. The Bertz CT molecular complexity index is 1450. The fraction of sp³-hybridized carbons (Fsp3) is 0.387. The molecule has 0 amide bonds. The molecule has 6 nitrogen and oxygen atoms in total. The van der Waals surface area contributed by atoms with Gasteiger partial charge in [-0.15, -0.1) is 0 Å². The van der Waals surface area contributed by atoms with Gasteiger partial charge in [0.1, 0.15) is 11.6 Å². The quantitative estimate of drug-likeness (QED) is 0.233. The van der Waals surface area contributed by atoms with E-state index in [1.807, 2.05) is 37.3 Å². The molecule has 8 heteroatoms. The molecule has 1 saturated heterocycles. The Morgan fingerprint density at radius 2 is 1.64 bits per heavy atom. The summed E-state index contributed by atoms with van der Waals surface area (Å²) in [6.45, 7) is 5.41. The first-order chi connectivity index (χ1) is 19.0. The minimum Gasteiger partial charge on any atom is -0.341 e. The van der Waals surface area contributed by atoms with E-state index in [0.717, 1.165) is 42.7 Å². The summed E-state index contributed by atoms with van der Waals surface area (Å²) in [7, 11) is -3.94. The van der Waals surface area contributed by atoms with E-state index in [0.29, 0.717) is 25.2 Å². The van der Waals surface area contributed by atoms with Crippen LogP contribution >= 0.6 is 0 Å². The summed E-state index contributed by atoms with van der Waals surface area (Å²) in [4.78, 5) is 10.9. The summed E-state index contributed by atoms with van der Waals surface area (Å²) in [6.07, 6.45) is 5.73. The lowest BCUT2D eigenvalue weighted by molar-refractivity contribution is 0.219. The number of H-pyrrole nitrogens is 1. The molecule has 5 rings (SSSR count). The number of hydrogen-bond donors (Lipinski definition) is 1. The molecule has 0 radical (unpaired) electrons. The van der Waals surface area contributed by atoms with Crippen LogP contribution in [0.15, 0.2) is 77.7 Å². The molecule has 1 aliphatic heterocycles. The van der Waals surface area contributed by atoms with E-state index in [1.54, 1.807) is 4.31 Å². The molecule has 1 fully saturated rings. The number of nitrogens with zero attached hydrogens (tertiary/aromatic N) is 3. The van der Waals surface area contributed by atoms with E-state index in [2.05, 4.69) is 28.1 Å². The zero-order valence-electron chi connectivity index (χ0n) is 22.5. The number of imidazole rings is 1. The SMILES string of the molecule is CCCCN(C(Cc1ccccc1CN1CCCCC1)c1nc2ccccc2[nH]1)S(=O)(=O)c1ccc(F)cc1. The number of sulfonamides is 1. The van der Waals surface area contributed by atoms with Crippen molar-refractivity contribution in [2.45, 2.75) is 62.9 Å². The molecule has 1 aromatic heterocycles. The molecule has 0 spiro atoms. The van der Waals surface area contributed by atoms with Gasteiger partial charge < -0.3 is 4.98 Å². The summed E-state index contributed by atoms with van der Waals surface area (Å²) in [5.41, 5.74) is 4.00. The van der Waals surface area contributed by atoms with Crippen LogP contribution in [0.4, 0.5) is 4.39 Å². The maximum atomic E-state index is 14.1. The minimum atomic E-state index is -3.94. The summed E-state index contributed by atoms with van der Waals surface area (Å²) in [6, 6.07) is 20.7. The molecule has 1 aliphatic rings. The third-order valence-electron chi connectivity index (χ3n) is 7.60. The molecule has 0 bridgehead atoms. The van der Waals surface area contributed by atoms with Crippen molar-refractivity contribution in [2.24, 2.45) is 0 Å². The predicted octanol–water partition coefficient (Wildman–Crippen LogP) is 6.46. The minimum absolute atomic E-state index is 0.0858. The van der Waals surface area contributed by atoms with Crippen LogP contribution in [0.3, 0.4) is 0 Å². The van der Waals surface area contributed by atoms with Crippen LogP contribution in [0.5, 0.6) is 0 Å². The number of para-hydroxylation sites is 2. The molecule has 1 unspecified atom stereocenters. The maximum Gasteiger partial charge on any atom is 0.243 e. The Kier molecular flexibility index (Phi) is 8.75. The number of fused-ring (bicyclic) bond motifs is 1. The first-order valence-electron chi connectivity index (χ1n) is 14.0. The molecule has 1 atom stereocenters. The number of aromatic amines is 1. The van der Waals surface area contributed by atoms with Gasteiger partial charge in [0.2, 0.25) is 10.0 Å². The molecule has 39 heavy (non-hydrogen) atoms. The molecular formula is C31H37FN4O2S. The smallest absolute Gasteiger partial charge is 0.243 e. The van der Waals surface area contributed by atoms with Crippen LogP contribution < -0.4 is 0 Å². The van der Waals surface area contributed by atoms with Gasteiger partial charge in [0.05, 0.1) is 22.0 Å². The summed E-state index contributed by atoms with van der Waals surface area (Å²) in [5.74, 6) is 0.153. The van der Waals surface area contributed by atoms with Gasteiger partial charge in [-0.2, -0.15) is 4.31 Å². The Balaban J connectivity index is 1.58. The Morgan fingerprint density at radius 1 is 0.949 bits per heavy atom. The molecule has 3 aromatic carbocycles. The van der Waals surface area contributed by atoms with Gasteiger partial charge in [0.15, 0.2) is 0 Å². The fourth-order valence-corrected chi connectivity index (χ4v) is 7.07. The highest BCUT2D eigenvalue weighted by molar-refractivity contribution is 7.89. The first kappa shape index (κ1) is 27.5. The maximum absolute atomic E-state index is 14.1. The highest BCUT2D eigenvalue weighted by Gasteiger charge is 2.34. The third kappa shape index (κ3) is 6.40. The third-order valence-corrected chi connectivity index (χ3v) is 9.52. The fourth-order valence-electron chi connectivity index (χ4n) is 5.44. The average Bonchev–Trinajstić information content (AvgIpc) is 3.38. The van der Waals surface area contributed by atoms with E-state index in [9.17, 15) is 12.8 Å². The summed E-state index contributed by atoms with van der Waals surface area (Å²) >= 11 is 0. The van der Waals surface area contributed by atoms with Crippen molar-refractivity contribution in [3.8, 4) is 0 Å². The van der Waals surface area contributed by atoms with Crippen molar-refractivity contribution in [1.82, 2.24) is 19.2 Å². The topological polar surface area (TPSA) is 69.3 Å². The lowest BCUT2D eigenvalue weighted by atomic mass is 9.98. The largest absolute Gasteiger partial charge is 0.341 e. The van der Waals surface area contributed by atoms with Crippen molar-refractivity contribution in [2.75, 3.05) is 19.6 Å². The second kappa shape index (κ2) is 12.4. The normalized spacial score (nSPS) is 15.7. The van der Waals surface area contributed by atoms with Crippen LogP contribution in [-0.2, 0) is 23.0 Å². The van der Waals surface area contributed by atoms with Crippen LogP contribution in [0.2, 0.25) is 0 Å². The number of likely N-dealkylation sites (tertiary alicyclic amines) is 1. The molecular weight excluding hydrogens is 511 g/mol. The van der Waals surface area contributed by atoms with Gasteiger partial charge in [-0.1, -0.05) is 56.2 Å². The van der Waals surface area contributed by atoms with Gasteiger partial charge in [-0.25, -0.2) is 17.8 Å². The van der Waals surface area contributed by atoms with Crippen LogP contribution in [0.1, 0.15) is 62.0 Å². The van der Waals surface area contributed by atoms with E-state index in [1.165, 1.54) is 49.1 Å². The molecule has 1 N–H and O–H groups in total. The molecule has 0 aliphatic carbocycles. The second-order valence-corrected chi connectivity index (χ2v) is 12.3. The van der Waals surface area contributed by atoms with Gasteiger partial charge in [-0.3, -0.25) is 4.90 Å². The molecule has 2 heterocycles. The highest BCUT2D eigenvalue weighted by Crippen LogP contribution is 2.32. The summed E-state index contributed by atoms with van der Waals surface area (Å²) in [5, 5.41) is 0. The van der Waals surface area contributed by atoms with Gasteiger partial charge in [0.25, 0.3) is 0 Å². The van der Waals surface area contributed by atoms with Gasteiger partial charge in [-0.05, 0) is 86.3 Å². The van der Waals surface area contributed by atoms with Gasteiger partial charge in [0, 0.05) is 13.1 Å². The molecule has 206 valence electrons. The molecule has 4 aromatic rings. The van der Waals surface area contributed by atoms with E-state index in [4.69, 9.17) is 4.98 Å². The number of unbranched alkanes of at least 4 members (excludes halogenated alkanes) is 1. The van der Waals surface area contributed by atoms with Crippen LogP contribution in [0, 0.1) is 5.82 Å². The van der Waals surface area contributed by atoms with E-state index >= 15 is 0 Å². The van der Waals surface area contributed by atoms with E-state index < -0.39 is 21.9 Å². The average molecular weight is 549 g/mol. The number of piperidine rings is 1. The standard InChI is InChI=1S/C31H37FN4O2S/c1-2-3-21-36(39(37,38)27-17-15-26(32)16-18-27)30(31-33-28-13-7-8-14-29(28)34-31)22-24-11-5-6-12-25(24)23-35-19-9-4-10-20-35/h5-8,11-18,30H,2-4,9-10,19-23H2,1H3,(H,33,34). The number of aromatic nitrogens is 2. The van der Waals surface area contributed by atoms with Crippen molar-refractivity contribution < 1.29 is 12.8 Å². The Morgan fingerprint density at radius 3 is 2.36 bits per heavy atom. The lowest BCUT2D eigenvalue weighted by Crippen LogP contribution is -2.38. The number of hydrogen-bond acceptors (Lipinski definition) is 4. The Labute approximate surface area is 230 Å². The number of rotatable bonds is 11. The van der Waals surface area contributed by atoms with E-state index in [-0.39, 0.29) is 4.90 Å². The lowest BCUT2D eigenvalue weighted by Gasteiger charge is -2.31. The van der Waals surface area contributed by atoms with Crippen molar-refractivity contribution in [1.29, 1.82) is 0 Å². The predicted molar refractivity (Wildman–Crippen MR) is 153 cm³/mol. The zero-order valence-corrected chi connectivity index (χ0v) is 23.3. The number of benzene rings is 3. The monoisotopic (exact) mass is 548 g/mol. The van der Waals surface area contributed by atoms with Crippen molar-refractivity contribution in [3.63, 3.8) is 0 Å². The zero-order chi connectivity index (χ0) is 27.2. The number of nitrogens with one attached hydrogen (secondary N) is 1. The highest BCUT2D eigenvalue weighted by atomic mass is 32.2. The first-order valence-corrected chi connectivity index (χ1v) is 15.4. The number of halogens is 1. The summed E-state index contributed by atoms with van der Waals surface area (Å²) < 4.78 is 43.5. The van der Waals surface area contributed by atoms with Crippen LogP contribution in [0.25, 0.3) is 11.0 Å².